The molecule has 0 unspecified atom stereocenters. The Morgan fingerprint density at radius 1 is 0.896 bits per heavy atom. The molecule has 0 radical (unpaired) electrons. The lowest BCUT2D eigenvalue weighted by Gasteiger charge is -2.24. The molecule has 0 aliphatic rings. The number of oxazole rings is 1. The maximum absolute atomic E-state index is 12.3. The van der Waals surface area contributed by atoms with Crippen molar-refractivity contribution >= 4 is 66.5 Å². The van der Waals surface area contributed by atoms with Gasteiger partial charge in [0.1, 0.15) is 11.1 Å². The van der Waals surface area contributed by atoms with Gasteiger partial charge in [0.25, 0.3) is 0 Å². The maximum Gasteiger partial charge on any atom is 0.305 e. The fourth-order valence-electron chi connectivity index (χ4n) is 6.85. The van der Waals surface area contributed by atoms with E-state index >= 15 is 0 Å². The summed E-state index contributed by atoms with van der Waals surface area (Å²) in [5.41, 5.74) is 7.28. The molecule has 0 amide bonds. The van der Waals surface area contributed by atoms with Crippen molar-refractivity contribution in [3.8, 4) is 17.5 Å². The van der Waals surface area contributed by atoms with E-state index in [1.165, 1.54) is 0 Å². The molecule has 7 aromatic rings. The van der Waals surface area contributed by atoms with Crippen molar-refractivity contribution < 1.29 is 18.4 Å². The second-order valence-electron chi connectivity index (χ2n) is 12.4. The standard InChI is InChI=1S/C40H40N4O4/c1-4-7-21-43(22-8-5-2)28-19-20-30-32(24-28)47-38-35(30)34-29-12-9-10-13-31(29)44(23-11-14-33(45)46-6-3)37(34)36-39(38)48-40(42-36)27-17-15-26(25-41)16-18-27/h9-10,12-13,15-20,24H,4-8,11,14,21-23H2,1-3H3. The summed E-state index contributed by atoms with van der Waals surface area (Å²) < 4.78 is 20.9. The molecule has 0 atom stereocenters. The minimum Gasteiger partial charge on any atom is -0.466 e. The Bertz CT molecular complexity index is 2290. The van der Waals surface area contributed by atoms with Crippen LogP contribution >= 0.6 is 0 Å². The molecule has 4 aromatic carbocycles. The number of nitrogens with zero attached hydrogens (tertiary/aromatic N) is 4. The van der Waals surface area contributed by atoms with Gasteiger partial charge in [-0.1, -0.05) is 44.9 Å². The van der Waals surface area contributed by atoms with E-state index in [-0.39, 0.29) is 5.97 Å². The molecule has 244 valence electrons. The molecule has 0 bridgehead atoms. The molecular weight excluding hydrogens is 600 g/mol. The number of benzene rings is 4. The number of carbonyl (C=O) groups excluding carboxylic acids is 1. The Labute approximate surface area is 279 Å². The number of para-hydroxylation sites is 1. The van der Waals surface area contributed by atoms with Gasteiger partial charge in [0.05, 0.1) is 23.8 Å². The van der Waals surface area contributed by atoms with E-state index in [1.54, 1.807) is 12.1 Å². The molecule has 0 saturated carbocycles. The van der Waals surface area contributed by atoms with Crippen LogP contribution in [0.25, 0.3) is 66.3 Å². The number of esters is 1. The van der Waals surface area contributed by atoms with Gasteiger partial charge in [-0.25, -0.2) is 4.98 Å². The zero-order valence-corrected chi connectivity index (χ0v) is 27.8. The lowest BCUT2D eigenvalue weighted by atomic mass is 10.0. The number of furan rings is 1. The molecule has 0 aliphatic heterocycles. The lowest BCUT2D eigenvalue weighted by Crippen LogP contribution is -2.25. The van der Waals surface area contributed by atoms with E-state index < -0.39 is 0 Å². The number of fused-ring (bicyclic) bond motifs is 10. The van der Waals surface area contributed by atoms with Crippen LogP contribution < -0.4 is 4.90 Å². The van der Waals surface area contributed by atoms with Crippen molar-refractivity contribution in [3.63, 3.8) is 0 Å². The second kappa shape index (κ2) is 13.4. The van der Waals surface area contributed by atoms with Gasteiger partial charge in [-0.3, -0.25) is 4.79 Å². The van der Waals surface area contributed by atoms with Crippen LogP contribution in [0.4, 0.5) is 5.69 Å². The summed E-state index contributed by atoms with van der Waals surface area (Å²) in [5, 5.41) is 13.5. The van der Waals surface area contributed by atoms with E-state index in [9.17, 15) is 10.1 Å². The van der Waals surface area contributed by atoms with Crippen LogP contribution in [-0.2, 0) is 16.1 Å². The summed E-state index contributed by atoms with van der Waals surface area (Å²) in [7, 11) is 0. The molecule has 8 nitrogen and oxygen atoms in total. The van der Waals surface area contributed by atoms with Crippen molar-refractivity contribution in [2.24, 2.45) is 0 Å². The van der Waals surface area contributed by atoms with Gasteiger partial charge >= 0.3 is 5.97 Å². The Morgan fingerprint density at radius 3 is 2.40 bits per heavy atom. The third-order valence-electron chi connectivity index (χ3n) is 9.21. The first kappa shape index (κ1) is 31.3. The monoisotopic (exact) mass is 640 g/mol. The van der Waals surface area contributed by atoms with E-state index in [0.717, 1.165) is 88.2 Å². The number of anilines is 1. The molecule has 0 aliphatic carbocycles. The highest BCUT2D eigenvalue weighted by atomic mass is 16.5. The van der Waals surface area contributed by atoms with Crippen molar-refractivity contribution in [3.05, 3.63) is 72.3 Å². The summed E-state index contributed by atoms with van der Waals surface area (Å²) in [6.07, 6.45) is 5.49. The Kier molecular flexibility index (Phi) is 8.77. The molecule has 8 heteroatoms. The predicted molar refractivity (Wildman–Crippen MR) is 192 cm³/mol. The molecule has 48 heavy (non-hydrogen) atoms. The van der Waals surface area contributed by atoms with Gasteiger partial charge in [-0.05, 0) is 68.7 Å². The minimum absolute atomic E-state index is 0.195. The van der Waals surface area contributed by atoms with Crippen LogP contribution in [0.3, 0.4) is 0 Å². The molecule has 3 aromatic heterocycles. The summed E-state index contributed by atoms with van der Waals surface area (Å²) in [4.78, 5) is 19.9. The number of aryl methyl sites for hydroxylation is 1. The molecule has 3 heterocycles. The van der Waals surface area contributed by atoms with E-state index in [0.29, 0.717) is 54.1 Å². The number of aromatic nitrogens is 2. The Balaban J connectivity index is 1.50. The molecule has 0 fully saturated rings. The Hall–Kier alpha value is -5.29. The van der Waals surface area contributed by atoms with Gasteiger partial charge in [0, 0.05) is 70.4 Å². The van der Waals surface area contributed by atoms with Gasteiger partial charge in [-0.15, -0.1) is 0 Å². The van der Waals surface area contributed by atoms with Crippen LogP contribution in [0.2, 0.25) is 0 Å². The lowest BCUT2D eigenvalue weighted by molar-refractivity contribution is -0.143. The highest BCUT2D eigenvalue weighted by molar-refractivity contribution is 6.34. The summed E-state index contributed by atoms with van der Waals surface area (Å²) in [6, 6.07) is 24.4. The van der Waals surface area contributed by atoms with E-state index in [1.807, 2.05) is 25.1 Å². The van der Waals surface area contributed by atoms with Crippen molar-refractivity contribution in [1.29, 1.82) is 5.26 Å². The molecule has 0 spiro atoms. The van der Waals surface area contributed by atoms with E-state index in [4.69, 9.17) is 18.6 Å². The molecular formula is C40H40N4O4. The van der Waals surface area contributed by atoms with Crippen LogP contribution in [0.5, 0.6) is 0 Å². The largest absolute Gasteiger partial charge is 0.466 e. The third-order valence-corrected chi connectivity index (χ3v) is 9.21. The quantitative estimate of drug-likeness (QED) is 0.116. The summed E-state index contributed by atoms with van der Waals surface area (Å²) >= 11 is 0. The van der Waals surface area contributed by atoms with Crippen LogP contribution in [0.15, 0.2) is 75.6 Å². The number of hydrogen-bond acceptors (Lipinski definition) is 7. The van der Waals surface area contributed by atoms with Crippen LogP contribution in [0, 0.1) is 11.3 Å². The first-order valence-corrected chi connectivity index (χ1v) is 17.2. The average molecular weight is 641 g/mol. The summed E-state index contributed by atoms with van der Waals surface area (Å²) in [5.74, 6) is 0.261. The molecule has 0 saturated heterocycles. The number of hydrogen-bond donors (Lipinski definition) is 0. The van der Waals surface area contributed by atoms with Crippen molar-refractivity contribution in [1.82, 2.24) is 9.55 Å². The highest BCUT2D eigenvalue weighted by Gasteiger charge is 2.26. The number of unbranched alkanes of at least 4 members (excludes halogenated alkanes) is 2. The van der Waals surface area contributed by atoms with Gasteiger partial charge < -0.3 is 23.0 Å². The normalized spacial score (nSPS) is 11.7. The fraction of sp³-hybridized carbons (Fsp3) is 0.325. The van der Waals surface area contributed by atoms with Gasteiger partial charge in [0.15, 0.2) is 5.58 Å². The smallest absolute Gasteiger partial charge is 0.305 e. The predicted octanol–water partition coefficient (Wildman–Crippen LogP) is 10.1. The Morgan fingerprint density at radius 2 is 1.67 bits per heavy atom. The van der Waals surface area contributed by atoms with Crippen molar-refractivity contribution in [2.75, 3.05) is 24.6 Å². The average Bonchev–Trinajstić information content (AvgIpc) is 3.81. The maximum atomic E-state index is 12.3. The number of nitriles is 1. The van der Waals surface area contributed by atoms with Crippen molar-refractivity contribution in [2.45, 2.75) is 65.8 Å². The summed E-state index contributed by atoms with van der Waals surface area (Å²) in [6.45, 7) is 9.27. The highest BCUT2D eigenvalue weighted by Crippen LogP contribution is 2.46. The molecule has 0 N–H and O–H groups in total. The molecule has 7 rings (SSSR count). The SMILES string of the molecule is CCCCN(CCCC)c1ccc2c(c1)oc1c3oc(-c4ccc(C#N)cc4)nc3c3c(c4ccccc4n3CCCC(=O)OCC)c21. The topological polar surface area (TPSA) is 97.4 Å². The first-order chi connectivity index (χ1) is 23.6. The zero-order chi connectivity index (χ0) is 33.2. The minimum atomic E-state index is -0.195. The van der Waals surface area contributed by atoms with E-state index in [2.05, 4.69) is 65.8 Å². The zero-order valence-electron chi connectivity index (χ0n) is 27.8. The number of ether oxygens (including phenoxy) is 1. The third kappa shape index (κ3) is 5.53. The first-order valence-electron chi connectivity index (χ1n) is 17.2. The van der Waals surface area contributed by atoms with Crippen LogP contribution in [0.1, 0.15) is 64.9 Å². The fourth-order valence-corrected chi connectivity index (χ4v) is 6.85. The number of rotatable bonds is 13. The second-order valence-corrected chi connectivity index (χ2v) is 12.4. The van der Waals surface area contributed by atoms with Gasteiger partial charge in [-0.2, -0.15) is 5.26 Å². The van der Waals surface area contributed by atoms with Gasteiger partial charge in [0.2, 0.25) is 11.5 Å². The number of carbonyl (C=O) groups is 1. The van der Waals surface area contributed by atoms with Crippen LogP contribution in [-0.4, -0.2) is 35.2 Å².